The summed E-state index contributed by atoms with van der Waals surface area (Å²) >= 11 is 0. The highest BCUT2D eigenvalue weighted by Gasteiger charge is 2.35. The largest absolute Gasteiger partial charge is 0.394 e. The number of rotatable bonds is 3. The molecule has 6 N–H and O–H groups in total. The minimum atomic E-state index is -1.03. The van der Waals surface area contributed by atoms with Crippen LogP contribution in [0.2, 0.25) is 0 Å². The Balaban J connectivity index is 2.43. The average Bonchev–Trinajstić information content (AvgIpc) is 2.70. The molecule has 9 heteroatoms. The fraction of sp³-hybridized carbons (Fsp3) is 0.500. The number of nitrogens with two attached hydrogens (primary N) is 2. The van der Waals surface area contributed by atoms with Gasteiger partial charge >= 0.3 is 5.69 Å². The van der Waals surface area contributed by atoms with Crippen LogP contribution in [0.15, 0.2) is 11.0 Å². The van der Waals surface area contributed by atoms with Gasteiger partial charge in [-0.3, -0.25) is 9.36 Å². The summed E-state index contributed by atoms with van der Waals surface area (Å²) < 4.78 is 6.24. The highest BCUT2D eigenvalue weighted by atomic mass is 16.5. The summed E-state index contributed by atoms with van der Waals surface area (Å²) in [4.78, 5) is 26.3. The van der Waals surface area contributed by atoms with Crippen LogP contribution < -0.4 is 17.2 Å². The van der Waals surface area contributed by atoms with E-state index in [1.807, 2.05) is 0 Å². The molecule has 0 bridgehead atoms. The molecule has 0 saturated carbocycles. The first-order chi connectivity index (χ1) is 8.93. The van der Waals surface area contributed by atoms with Gasteiger partial charge in [0.05, 0.1) is 18.3 Å². The molecule has 3 atom stereocenters. The Hall–Kier alpha value is -1.97. The fourth-order valence-corrected chi connectivity index (χ4v) is 1.95. The molecule has 0 unspecified atom stereocenters. The van der Waals surface area contributed by atoms with Crippen molar-refractivity contribution in [2.24, 2.45) is 5.73 Å². The molecule has 1 amide bonds. The van der Waals surface area contributed by atoms with Crippen LogP contribution in [-0.2, 0) is 4.74 Å². The van der Waals surface area contributed by atoms with E-state index in [4.69, 9.17) is 21.3 Å². The second-order valence-corrected chi connectivity index (χ2v) is 4.23. The van der Waals surface area contributed by atoms with Crippen LogP contribution in [0.3, 0.4) is 0 Å². The first-order valence-electron chi connectivity index (χ1n) is 5.57. The zero-order valence-corrected chi connectivity index (χ0v) is 9.89. The van der Waals surface area contributed by atoms with Gasteiger partial charge in [-0.05, 0) is 0 Å². The maximum Gasteiger partial charge on any atom is 0.351 e. The summed E-state index contributed by atoms with van der Waals surface area (Å²) in [5, 5.41) is 18.8. The third-order valence-electron chi connectivity index (χ3n) is 2.89. The quantitative estimate of drug-likeness (QED) is 0.476. The van der Waals surface area contributed by atoms with E-state index in [1.54, 1.807) is 0 Å². The molecule has 1 saturated heterocycles. The SMILES string of the molecule is NC(=O)c1cn([C@@H]2O[C@H](CO)C[C@H]2O)c(=O)nc1N. The third-order valence-corrected chi connectivity index (χ3v) is 2.89. The lowest BCUT2D eigenvalue weighted by Crippen LogP contribution is -2.34. The van der Waals surface area contributed by atoms with Crippen LogP contribution in [0.5, 0.6) is 0 Å². The maximum absolute atomic E-state index is 11.7. The maximum atomic E-state index is 11.7. The smallest absolute Gasteiger partial charge is 0.351 e. The van der Waals surface area contributed by atoms with E-state index >= 15 is 0 Å². The predicted molar refractivity (Wildman–Crippen MR) is 63.0 cm³/mol. The molecule has 19 heavy (non-hydrogen) atoms. The molecule has 0 aliphatic carbocycles. The number of hydrogen-bond acceptors (Lipinski definition) is 7. The first kappa shape index (κ1) is 13.5. The molecule has 104 valence electrons. The van der Waals surface area contributed by atoms with E-state index in [0.717, 1.165) is 10.8 Å². The van der Waals surface area contributed by atoms with Crippen LogP contribution in [0.25, 0.3) is 0 Å². The predicted octanol–water partition coefficient (Wildman–Crippen LogP) is -2.43. The summed E-state index contributed by atoms with van der Waals surface area (Å²) in [6.45, 7) is -0.284. The van der Waals surface area contributed by atoms with Gasteiger partial charge in [0.15, 0.2) is 6.23 Å². The van der Waals surface area contributed by atoms with Crippen molar-refractivity contribution in [1.29, 1.82) is 0 Å². The highest BCUT2D eigenvalue weighted by molar-refractivity contribution is 5.96. The number of carbonyl (C=O) groups excluding carboxylic acids is 1. The van der Waals surface area contributed by atoms with E-state index < -0.39 is 30.0 Å². The van der Waals surface area contributed by atoms with Crippen molar-refractivity contribution in [2.45, 2.75) is 24.9 Å². The Bertz CT molecular complexity index is 557. The second-order valence-electron chi connectivity index (χ2n) is 4.23. The number of amides is 1. The van der Waals surface area contributed by atoms with Gasteiger partial charge in [-0.1, -0.05) is 0 Å². The number of ether oxygens (including phenoxy) is 1. The van der Waals surface area contributed by atoms with Crippen molar-refractivity contribution in [3.63, 3.8) is 0 Å². The zero-order valence-electron chi connectivity index (χ0n) is 9.89. The van der Waals surface area contributed by atoms with Gasteiger partial charge in [-0.2, -0.15) is 4.98 Å². The molecule has 2 heterocycles. The van der Waals surface area contributed by atoms with Gasteiger partial charge in [0.25, 0.3) is 5.91 Å². The molecule has 0 aromatic carbocycles. The lowest BCUT2D eigenvalue weighted by atomic mass is 10.2. The molecular formula is C10H14N4O5. The Morgan fingerprint density at radius 3 is 2.84 bits per heavy atom. The van der Waals surface area contributed by atoms with Crippen LogP contribution in [-0.4, -0.2) is 44.5 Å². The number of primary amides is 1. The highest BCUT2D eigenvalue weighted by Crippen LogP contribution is 2.27. The summed E-state index contributed by atoms with van der Waals surface area (Å²) in [6, 6.07) is 0. The van der Waals surface area contributed by atoms with Gasteiger partial charge in [0, 0.05) is 12.6 Å². The minimum absolute atomic E-state index is 0.136. The Labute approximate surface area is 107 Å². The topological polar surface area (TPSA) is 154 Å². The number of carbonyl (C=O) groups is 1. The van der Waals surface area contributed by atoms with Crippen LogP contribution in [0.4, 0.5) is 5.82 Å². The van der Waals surface area contributed by atoms with Gasteiger partial charge in [-0.15, -0.1) is 0 Å². The van der Waals surface area contributed by atoms with Crippen molar-refractivity contribution < 1.29 is 19.7 Å². The summed E-state index contributed by atoms with van der Waals surface area (Å²) in [6.07, 6.45) is -1.34. The fourth-order valence-electron chi connectivity index (χ4n) is 1.95. The first-order valence-corrected chi connectivity index (χ1v) is 5.57. The zero-order chi connectivity index (χ0) is 14.2. The van der Waals surface area contributed by atoms with Crippen molar-refractivity contribution in [1.82, 2.24) is 9.55 Å². The Kier molecular flexibility index (Phi) is 3.51. The lowest BCUT2D eigenvalue weighted by molar-refractivity contribution is -0.0530. The summed E-state index contributed by atoms with van der Waals surface area (Å²) in [7, 11) is 0. The molecule has 1 aromatic heterocycles. The number of aliphatic hydroxyl groups is 2. The van der Waals surface area contributed by atoms with Crippen LogP contribution in [0.1, 0.15) is 23.0 Å². The van der Waals surface area contributed by atoms with Crippen molar-refractivity contribution in [3.05, 3.63) is 22.2 Å². The van der Waals surface area contributed by atoms with Gasteiger partial charge in [0.1, 0.15) is 11.9 Å². The van der Waals surface area contributed by atoms with Crippen LogP contribution in [0, 0.1) is 0 Å². The van der Waals surface area contributed by atoms with Crippen molar-refractivity contribution in [3.8, 4) is 0 Å². The number of aromatic nitrogens is 2. The average molecular weight is 270 g/mol. The van der Waals surface area contributed by atoms with Crippen molar-refractivity contribution in [2.75, 3.05) is 12.3 Å². The molecular weight excluding hydrogens is 256 g/mol. The van der Waals surface area contributed by atoms with E-state index in [9.17, 15) is 14.7 Å². The summed E-state index contributed by atoms with van der Waals surface area (Å²) in [5.74, 6) is -1.12. The minimum Gasteiger partial charge on any atom is -0.394 e. The van der Waals surface area contributed by atoms with Gasteiger partial charge in [-0.25, -0.2) is 4.79 Å². The monoisotopic (exact) mass is 270 g/mol. The molecule has 9 nitrogen and oxygen atoms in total. The number of anilines is 1. The number of nitrogen functional groups attached to an aromatic ring is 1. The van der Waals surface area contributed by atoms with E-state index in [-0.39, 0.29) is 24.4 Å². The van der Waals surface area contributed by atoms with Crippen LogP contribution >= 0.6 is 0 Å². The Morgan fingerprint density at radius 1 is 1.63 bits per heavy atom. The molecule has 0 radical (unpaired) electrons. The lowest BCUT2D eigenvalue weighted by Gasteiger charge is -2.17. The second kappa shape index (κ2) is 4.96. The molecule has 1 fully saturated rings. The Morgan fingerprint density at radius 2 is 2.32 bits per heavy atom. The van der Waals surface area contributed by atoms with Gasteiger partial charge < -0.3 is 26.4 Å². The molecule has 1 aromatic rings. The normalized spacial score (nSPS) is 26.5. The number of aliphatic hydroxyl groups excluding tert-OH is 2. The van der Waals surface area contributed by atoms with E-state index in [2.05, 4.69) is 4.98 Å². The molecule has 0 spiro atoms. The third kappa shape index (κ3) is 2.43. The number of hydrogen-bond donors (Lipinski definition) is 4. The standard InChI is InChI=1S/C10H14N4O5/c11-7-5(8(12)17)2-14(10(18)13-7)9-6(16)1-4(3-15)19-9/h2,4,6,9,15-16H,1,3H2,(H2,12,17)(H2,11,13,18)/t4-,6+,9+/m0/s1. The van der Waals surface area contributed by atoms with Gasteiger partial charge in [0.2, 0.25) is 0 Å². The summed E-state index contributed by atoms with van der Waals surface area (Å²) in [5.41, 5.74) is 9.60. The molecule has 1 aliphatic heterocycles. The van der Waals surface area contributed by atoms with E-state index in [0.29, 0.717) is 0 Å². The molecule has 2 rings (SSSR count). The number of nitrogens with zero attached hydrogens (tertiary/aromatic N) is 2. The van der Waals surface area contributed by atoms with E-state index in [1.165, 1.54) is 0 Å². The van der Waals surface area contributed by atoms with Crippen molar-refractivity contribution >= 4 is 11.7 Å². The molecule has 1 aliphatic rings.